The number of aromatic nitrogens is 3. The summed E-state index contributed by atoms with van der Waals surface area (Å²) >= 11 is 2.51. The molecule has 4 heterocycles. The lowest BCUT2D eigenvalue weighted by Gasteiger charge is -2.17. The van der Waals surface area contributed by atoms with Crippen LogP contribution in [0.15, 0.2) is 39.7 Å². The number of anilines is 1. The predicted octanol–water partition coefficient (Wildman–Crippen LogP) is 2.67. The number of hydrogen-bond acceptors (Lipinski definition) is 9. The first kappa shape index (κ1) is 24.9. The maximum absolute atomic E-state index is 13.4. The maximum atomic E-state index is 13.4. The van der Waals surface area contributed by atoms with Crippen LogP contribution in [0.4, 0.5) is 5.13 Å². The van der Waals surface area contributed by atoms with Gasteiger partial charge in [-0.2, -0.15) is 0 Å². The van der Waals surface area contributed by atoms with Gasteiger partial charge in [0.2, 0.25) is 5.91 Å². The van der Waals surface area contributed by atoms with Gasteiger partial charge in [-0.05, 0) is 43.9 Å². The number of amides is 2. The average Bonchev–Trinajstić information content (AvgIpc) is 3.67. The van der Waals surface area contributed by atoms with Gasteiger partial charge in [-0.3, -0.25) is 19.0 Å². The Morgan fingerprint density at radius 2 is 1.97 bits per heavy atom. The molecule has 2 aromatic heterocycles. The van der Waals surface area contributed by atoms with Crippen LogP contribution < -0.4 is 16.2 Å². The zero-order chi connectivity index (χ0) is 24.9. The fraction of sp³-hybridized carbons (Fsp3) is 0.458. The van der Waals surface area contributed by atoms with E-state index in [0.29, 0.717) is 46.5 Å². The van der Waals surface area contributed by atoms with Gasteiger partial charge < -0.3 is 20.1 Å². The Morgan fingerprint density at radius 1 is 1.17 bits per heavy atom. The fourth-order valence-corrected chi connectivity index (χ4v) is 5.64. The molecular formula is C24H27N5O5S2. The molecule has 0 saturated carbocycles. The summed E-state index contributed by atoms with van der Waals surface area (Å²) in [7, 11) is 0. The first-order valence-electron chi connectivity index (χ1n) is 11.9. The number of fused-ring (bicyclic) bond motifs is 1. The van der Waals surface area contributed by atoms with E-state index in [9.17, 15) is 14.4 Å². The zero-order valence-corrected chi connectivity index (χ0v) is 21.2. The van der Waals surface area contributed by atoms with Gasteiger partial charge in [-0.1, -0.05) is 11.8 Å². The monoisotopic (exact) mass is 529 g/mol. The third kappa shape index (κ3) is 5.94. The Kier molecular flexibility index (Phi) is 7.95. The van der Waals surface area contributed by atoms with E-state index in [-0.39, 0.29) is 35.3 Å². The van der Waals surface area contributed by atoms with E-state index >= 15 is 0 Å². The van der Waals surface area contributed by atoms with Gasteiger partial charge in [-0.25, -0.2) is 9.97 Å². The van der Waals surface area contributed by atoms with Crippen molar-refractivity contribution in [2.75, 3.05) is 30.8 Å². The molecule has 2 saturated heterocycles. The van der Waals surface area contributed by atoms with Crippen molar-refractivity contribution in [1.82, 2.24) is 19.9 Å². The molecule has 5 rings (SSSR count). The number of nitrogens with zero attached hydrogens (tertiary/aromatic N) is 3. The Labute approximate surface area is 215 Å². The highest BCUT2D eigenvalue weighted by Gasteiger charge is 2.22. The highest BCUT2D eigenvalue weighted by atomic mass is 32.2. The first-order chi connectivity index (χ1) is 17.6. The van der Waals surface area contributed by atoms with Crippen molar-refractivity contribution in [3.63, 3.8) is 0 Å². The summed E-state index contributed by atoms with van der Waals surface area (Å²) in [5.41, 5.74) is 0.613. The van der Waals surface area contributed by atoms with Gasteiger partial charge in [0.15, 0.2) is 10.3 Å². The van der Waals surface area contributed by atoms with Crippen LogP contribution in [-0.4, -0.2) is 64.1 Å². The highest BCUT2D eigenvalue weighted by molar-refractivity contribution is 7.99. The molecule has 10 nitrogen and oxygen atoms in total. The van der Waals surface area contributed by atoms with E-state index in [1.165, 1.54) is 23.1 Å². The molecule has 0 bridgehead atoms. The number of thioether (sulfide) groups is 1. The molecular weight excluding hydrogens is 502 g/mol. The first-order valence-corrected chi connectivity index (χ1v) is 13.8. The van der Waals surface area contributed by atoms with E-state index in [2.05, 4.69) is 15.6 Å². The summed E-state index contributed by atoms with van der Waals surface area (Å²) in [6, 6.07) is 4.90. The van der Waals surface area contributed by atoms with Crippen LogP contribution in [0, 0.1) is 0 Å². The molecule has 0 unspecified atom stereocenters. The number of nitrogens with one attached hydrogen (secondary N) is 2. The lowest BCUT2D eigenvalue weighted by Crippen LogP contribution is -2.32. The van der Waals surface area contributed by atoms with Crippen molar-refractivity contribution < 1.29 is 19.1 Å². The SMILES string of the molecule is O=C(CSc1nc2cc(C(=O)NC[C@@H]3CCCO3)ccc2c(=O)n1C[C@H]1CCCO1)Nc1nccs1. The minimum Gasteiger partial charge on any atom is -0.376 e. The Hall–Kier alpha value is -2.80. The van der Waals surface area contributed by atoms with Crippen molar-refractivity contribution in [2.45, 2.75) is 49.6 Å². The number of ether oxygens (including phenoxy) is 2. The number of carbonyl (C=O) groups excluding carboxylic acids is 2. The summed E-state index contributed by atoms with van der Waals surface area (Å²) in [5, 5.41) is 8.77. The van der Waals surface area contributed by atoms with Crippen LogP contribution in [0.25, 0.3) is 10.9 Å². The van der Waals surface area contributed by atoms with Crippen LogP contribution in [0.2, 0.25) is 0 Å². The standard InChI is InChI=1S/C24H27N5O5S2/c30-20(28-23-25-7-10-35-23)14-36-24-27-19-11-15(21(31)26-12-16-3-1-8-33-16)5-6-18(19)22(32)29(24)13-17-4-2-9-34-17/h5-7,10-11,16-17H,1-4,8-9,12-14H2,(H,26,31)(H,25,28,30)/t16-,17+/m0/s1. The third-order valence-corrected chi connectivity index (χ3v) is 7.78. The number of hydrogen-bond donors (Lipinski definition) is 2. The average molecular weight is 530 g/mol. The van der Waals surface area contributed by atoms with Gasteiger partial charge in [0.25, 0.3) is 11.5 Å². The highest BCUT2D eigenvalue weighted by Crippen LogP contribution is 2.22. The molecule has 2 aliphatic rings. The smallest absolute Gasteiger partial charge is 0.262 e. The Morgan fingerprint density at radius 3 is 2.69 bits per heavy atom. The summed E-state index contributed by atoms with van der Waals surface area (Å²) < 4.78 is 12.9. The largest absolute Gasteiger partial charge is 0.376 e. The molecule has 36 heavy (non-hydrogen) atoms. The minimum absolute atomic E-state index is 0.0380. The van der Waals surface area contributed by atoms with E-state index < -0.39 is 0 Å². The molecule has 2 atom stereocenters. The molecule has 12 heteroatoms. The quantitative estimate of drug-likeness (QED) is 0.320. The number of rotatable bonds is 9. The van der Waals surface area contributed by atoms with Crippen LogP contribution in [-0.2, 0) is 20.8 Å². The summed E-state index contributed by atoms with van der Waals surface area (Å²) in [6.07, 6.45) is 5.32. The van der Waals surface area contributed by atoms with Gasteiger partial charge in [-0.15, -0.1) is 11.3 Å². The van der Waals surface area contributed by atoms with Crippen molar-refractivity contribution in [2.24, 2.45) is 0 Å². The molecule has 2 amide bonds. The third-order valence-electron chi connectivity index (χ3n) is 6.12. The molecule has 2 aliphatic heterocycles. The van der Waals surface area contributed by atoms with Gasteiger partial charge in [0.1, 0.15) is 0 Å². The minimum atomic E-state index is -0.241. The van der Waals surface area contributed by atoms with E-state index in [1.54, 1.807) is 34.3 Å². The molecule has 2 fully saturated rings. The summed E-state index contributed by atoms with van der Waals surface area (Å²) in [6.45, 7) is 2.20. The van der Waals surface area contributed by atoms with Crippen LogP contribution >= 0.6 is 23.1 Å². The van der Waals surface area contributed by atoms with E-state index in [1.807, 2.05) is 0 Å². The molecule has 2 N–H and O–H groups in total. The van der Waals surface area contributed by atoms with Crippen molar-refractivity contribution in [3.05, 3.63) is 45.7 Å². The van der Waals surface area contributed by atoms with Gasteiger partial charge >= 0.3 is 0 Å². The maximum Gasteiger partial charge on any atom is 0.262 e. The zero-order valence-electron chi connectivity index (χ0n) is 19.6. The summed E-state index contributed by atoms with van der Waals surface area (Å²) in [4.78, 5) is 47.4. The van der Waals surface area contributed by atoms with E-state index in [0.717, 1.165) is 32.3 Å². The second kappa shape index (κ2) is 11.5. The Bertz CT molecular complexity index is 1280. The van der Waals surface area contributed by atoms with Gasteiger partial charge in [0.05, 0.1) is 35.4 Å². The second-order valence-electron chi connectivity index (χ2n) is 8.70. The van der Waals surface area contributed by atoms with Gasteiger partial charge in [0, 0.05) is 36.9 Å². The lowest BCUT2D eigenvalue weighted by atomic mass is 10.1. The lowest BCUT2D eigenvalue weighted by molar-refractivity contribution is -0.113. The molecule has 0 aliphatic carbocycles. The van der Waals surface area contributed by atoms with Crippen molar-refractivity contribution in [1.29, 1.82) is 0 Å². The molecule has 190 valence electrons. The second-order valence-corrected chi connectivity index (χ2v) is 10.5. The van der Waals surface area contributed by atoms with E-state index in [4.69, 9.17) is 14.5 Å². The van der Waals surface area contributed by atoms with Crippen molar-refractivity contribution >= 4 is 50.9 Å². The normalized spacial score (nSPS) is 19.6. The van der Waals surface area contributed by atoms with Crippen molar-refractivity contribution in [3.8, 4) is 0 Å². The predicted molar refractivity (Wildman–Crippen MR) is 138 cm³/mol. The Balaban J connectivity index is 1.38. The van der Waals surface area contributed by atoms with Crippen LogP contribution in [0.3, 0.4) is 0 Å². The van der Waals surface area contributed by atoms with Crippen LogP contribution in [0.5, 0.6) is 0 Å². The fourth-order valence-electron chi connectivity index (χ4n) is 4.29. The molecule has 1 aromatic carbocycles. The topological polar surface area (TPSA) is 124 Å². The number of thiazole rings is 1. The summed E-state index contributed by atoms with van der Waals surface area (Å²) in [5.74, 6) is -0.421. The molecule has 0 spiro atoms. The van der Waals surface area contributed by atoms with Crippen LogP contribution in [0.1, 0.15) is 36.0 Å². The molecule has 3 aromatic rings. The molecule has 0 radical (unpaired) electrons. The number of benzene rings is 1. The number of carbonyl (C=O) groups is 2.